The van der Waals surface area contributed by atoms with E-state index in [1.165, 1.54) is 0 Å². The Labute approximate surface area is 208 Å². The van der Waals surface area contributed by atoms with E-state index in [-0.39, 0.29) is 5.91 Å². The second-order valence-corrected chi connectivity index (χ2v) is 8.77. The van der Waals surface area contributed by atoms with Gasteiger partial charge in [-0.2, -0.15) is 0 Å². The second-order valence-electron chi connectivity index (χ2n) is 8.77. The summed E-state index contributed by atoms with van der Waals surface area (Å²) >= 11 is 0. The highest BCUT2D eigenvalue weighted by atomic mass is 16.3. The van der Waals surface area contributed by atoms with Crippen LogP contribution in [-0.4, -0.2) is 24.0 Å². The molecule has 5 heteroatoms. The zero-order chi connectivity index (χ0) is 24.6. The van der Waals surface area contributed by atoms with Gasteiger partial charge in [-0.3, -0.25) is 4.79 Å². The van der Waals surface area contributed by atoms with Crippen LogP contribution in [0.1, 0.15) is 24.2 Å². The zero-order valence-electron chi connectivity index (χ0n) is 20.2. The molecule has 1 aliphatic heterocycles. The predicted octanol–water partition coefficient (Wildman–Crippen LogP) is 6.83. The van der Waals surface area contributed by atoms with E-state index in [1.54, 1.807) is 0 Å². The summed E-state index contributed by atoms with van der Waals surface area (Å²) in [6.07, 6.45) is 0. The average Bonchev–Trinajstić information content (AvgIpc) is 2.92. The summed E-state index contributed by atoms with van der Waals surface area (Å²) in [5.41, 5.74) is 3.92. The van der Waals surface area contributed by atoms with Gasteiger partial charge in [0, 0.05) is 47.2 Å². The number of aromatic nitrogens is 1. The van der Waals surface area contributed by atoms with E-state index in [0.29, 0.717) is 22.3 Å². The standard InChI is InChI=1S/C31H25N3O2/c1-3-34(4-2)21-16-17-26-28(18-21)36-29-19-27(23-13-7-8-14-24(23)30(29)32-26)33-31(35)25-15-9-11-20-10-5-6-12-22(20)25/h5-19H,3-4H2,1-2H3. The molecule has 0 unspecified atom stereocenters. The van der Waals surface area contributed by atoms with Gasteiger partial charge >= 0.3 is 0 Å². The molecule has 1 aliphatic carbocycles. The average molecular weight is 472 g/mol. The van der Waals surface area contributed by atoms with Crippen LogP contribution in [0.3, 0.4) is 0 Å². The first kappa shape index (κ1) is 22.0. The van der Waals surface area contributed by atoms with Crippen molar-refractivity contribution in [2.75, 3.05) is 18.0 Å². The third-order valence-electron chi connectivity index (χ3n) is 6.73. The molecule has 0 saturated heterocycles. The molecule has 1 amide bonds. The lowest BCUT2D eigenvalue weighted by Crippen LogP contribution is -2.21. The Hall–Kier alpha value is -4.51. The smallest absolute Gasteiger partial charge is 0.278 e. The number of fused-ring (bicyclic) bond motifs is 5. The van der Waals surface area contributed by atoms with Crippen molar-refractivity contribution in [3.8, 4) is 11.5 Å². The Morgan fingerprint density at radius 3 is 2.36 bits per heavy atom. The van der Waals surface area contributed by atoms with Gasteiger partial charge in [0.1, 0.15) is 11.2 Å². The summed E-state index contributed by atoms with van der Waals surface area (Å²) in [5, 5.41) is 4.23. The molecule has 5 nitrogen and oxygen atoms in total. The molecule has 0 saturated carbocycles. The van der Waals surface area contributed by atoms with E-state index in [2.05, 4.69) is 29.8 Å². The maximum Gasteiger partial charge on any atom is 0.278 e. The topological polar surface area (TPSA) is 58.7 Å². The summed E-state index contributed by atoms with van der Waals surface area (Å²) in [4.78, 5) is 25.2. The molecule has 0 spiro atoms. The van der Waals surface area contributed by atoms with Gasteiger partial charge in [0.25, 0.3) is 5.91 Å². The number of carbonyl (C=O) groups excluding carboxylic acids is 1. The fourth-order valence-electron chi connectivity index (χ4n) is 4.88. The van der Waals surface area contributed by atoms with Crippen LogP contribution in [0, 0.1) is 0 Å². The zero-order valence-corrected chi connectivity index (χ0v) is 20.2. The Balaban J connectivity index is 1.58. The highest BCUT2D eigenvalue weighted by Gasteiger charge is 2.17. The van der Waals surface area contributed by atoms with Crippen LogP contribution in [0.2, 0.25) is 0 Å². The van der Waals surface area contributed by atoms with E-state index in [4.69, 9.17) is 9.40 Å². The van der Waals surface area contributed by atoms with Crippen molar-refractivity contribution in [1.29, 1.82) is 0 Å². The highest BCUT2D eigenvalue weighted by molar-refractivity contribution is 6.08. The number of amides is 1. The molecule has 4 aromatic carbocycles. The molecular weight excluding hydrogens is 446 g/mol. The predicted molar refractivity (Wildman–Crippen MR) is 146 cm³/mol. The van der Waals surface area contributed by atoms with Gasteiger partial charge < -0.3 is 9.32 Å². The van der Waals surface area contributed by atoms with Gasteiger partial charge in [0.2, 0.25) is 0 Å². The summed E-state index contributed by atoms with van der Waals surface area (Å²) in [7, 11) is 0. The van der Waals surface area contributed by atoms with E-state index >= 15 is 0 Å². The van der Waals surface area contributed by atoms with Crippen LogP contribution in [0.4, 0.5) is 5.69 Å². The van der Waals surface area contributed by atoms with Crippen LogP contribution >= 0.6 is 0 Å². The van der Waals surface area contributed by atoms with Crippen molar-refractivity contribution in [2.45, 2.75) is 13.8 Å². The fraction of sp³-hybridized carbons (Fsp3) is 0.129. The van der Waals surface area contributed by atoms with Crippen molar-refractivity contribution in [2.24, 2.45) is 4.99 Å². The SMILES string of the molecule is CCN(CC)c1ccc2nc3c4ccccc4c(=NC(=O)c4cccc5ccccc45)cc-3oc2c1. The normalized spacial score (nSPS) is 12.1. The molecule has 36 heavy (non-hydrogen) atoms. The van der Waals surface area contributed by atoms with E-state index in [9.17, 15) is 4.79 Å². The maximum atomic E-state index is 13.4. The summed E-state index contributed by atoms with van der Waals surface area (Å²) in [6.45, 7) is 6.09. The fourth-order valence-corrected chi connectivity index (χ4v) is 4.88. The van der Waals surface area contributed by atoms with E-state index in [0.717, 1.165) is 51.5 Å². The molecule has 176 valence electrons. The van der Waals surface area contributed by atoms with Crippen LogP contribution in [-0.2, 0) is 0 Å². The highest BCUT2D eigenvalue weighted by Crippen LogP contribution is 2.32. The van der Waals surface area contributed by atoms with Crippen molar-refractivity contribution in [3.63, 3.8) is 0 Å². The third-order valence-corrected chi connectivity index (χ3v) is 6.73. The molecule has 0 aromatic heterocycles. The molecule has 4 aromatic rings. The lowest BCUT2D eigenvalue weighted by atomic mass is 10.0. The number of hydrogen-bond acceptors (Lipinski definition) is 4. The lowest BCUT2D eigenvalue weighted by Gasteiger charge is -2.21. The number of nitrogens with zero attached hydrogens (tertiary/aromatic N) is 3. The van der Waals surface area contributed by atoms with Crippen molar-refractivity contribution >= 4 is 44.2 Å². The minimum absolute atomic E-state index is 0.283. The molecule has 0 atom stereocenters. The molecule has 6 rings (SSSR count). The van der Waals surface area contributed by atoms with Gasteiger partial charge in [-0.15, -0.1) is 0 Å². The van der Waals surface area contributed by atoms with Gasteiger partial charge in [-0.05, 0) is 42.8 Å². The second kappa shape index (κ2) is 8.93. The number of anilines is 1. The number of benzene rings is 5. The van der Waals surface area contributed by atoms with Crippen molar-refractivity contribution < 1.29 is 9.21 Å². The monoisotopic (exact) mass is 471 g/mol. The summed E-state index contributed by atoms with van der Waals surface area (Å²) in [5.74, 6) is 0.316. The van der Waals surface area contributed by atoms with Crippen molar-refractivity contribution in [3.05, 3.63) is 102 Å². The molecule has 0 N–H and O–H groups in total. The van der Waals surface area contributed by atoms with Gasteiger partial charge in [-0.25, -0.2) is 9.98 Å². The first-order valence-corrected chi connectivity index (χ1v) is 12.2. The minimum Gasteiger partial charge on any atom is -0.453 e. The lowest BCUT2D eigenvalue weighted by molar-refractivity contribution is 0.1000. The molecule has 0 bridgehead atoms. The summed E-state index contributed by atoms with van der Waals surface area (Å²) in [6, 6.07) is 29.4. The molecule has 2 aliphatic rings. The molecular formula is C31H25N3O2. The number of hydrogen-bond donors (Lipinski definition) is 0. The number of rotatable bonds is 4. The molecule has 0 radical (unpaired) electrons. The summed E-state index contributed by atoms with van der Waals surface area (Å²) < 4.78 is 6.37. The Morgan fingerprint density at radius 2 is 1.56 bits per heavy atom. The largest absolute Gasteiger partial charge is 0.453 e. The quantitative estimate of drug-likeness (QED) is 0.209. The van der Waals surface area contributed by atoms with E-state index in [1.807, 2.05) is 84.9 Å². The van der Waals surface area contributed by atoms with Gasteiger partial charge in [0.05, 0.1) is 5.36 Å². The number of carbonyl (C=O) groups is 1. The molecule has 0 fully saturated rings. The minimum atomic E-state index is -0.283. The van der Waals surface area contributed by atoms with Crippen molar-refractivity contribution in [1.82, 2.24) is 4.98 Å². The Kier molecular flexibility index (Phi) is 5.45. The first-order chi connectivity index (χ1) is 17.7. The van der Waals surface area contributed by atoms with Crippen LogP contribution < -0.4 is 10.3 Å². The van der Waals surface area contributed by atoms with Gasteiger partial charge in [0.15, 0.2) is 11.3 Å². The van der Waals surface area contributed by atoms with Gasteiger partial charge in [-0.1, -0.05) is 60.7 Å². The third kappa shape index (κ3) is 3.69. The maximum absolute atomic E-state index is 13.4. The van der Waals surface area contributed by atoms with Crippen LogP contribution in [0.15, 0.2) is 100 Å². The Bertz CT molecular complexity index is 1790. The molecule has 1 heterocycles. The Morgan fingerprint density at radius 1 is 0.833 bits per heavy atom. The first-order valence-electron chi connectivity index (χ1n) is 12.2. The van der Waals surface area contributed by atoms with Crippen LogP contribution in [0.25, 0.3) is 44.1 Å². The van der Waals surface area contributed by atoms with E-state index < -0.39 is 0 Å². The van der Waals surface area contributed by atoms with Crippen LogP contribution in [0.5, 0.6) is 0 Å².